The Morgan fingerprint density at radius 2 is 1.67 bits per heavy atom. The Labute approximate surface area is 233 Å². The highest BCUT2D eigenvalue weighted by Gasteiger charge is 2.38. The van der Waals surface area contributed by atoms with Gasteiger partial charge >= 0.3 is 0 Å². The summed E-state index contributed by atoms with van der Waals surface area (Å²) in [6, 6.07) is 14.1. The minimum absolute atomic E-state index is 0. The van der Waals surface area contributed by atoms with Crippen LogP contribution in [0.25, 0.3) is 22.5 Å². The number of hydrogen-bond donors (Lipinski definition) is 4. The molecule has 8 nitrogen and oxygen atoms in total. The fourth-order valence-corrected chi connectivity index (χ4v) is 6.00. The van der Waals surface area contributed by atoms with Crippen molar-refractivity contribution in [1.29, 1.82) is 0 Å². The summed E-state index contributed by atoms with van der Waals surface area (Å²) in [7, 11) is 1.63. The molecule has 2 saturated heterocycles. The molecule has 0 saturated carbocycles. The van der Waals surface area contributed by atoms with Crippen LogP contribution in [0.5, 0.6) is 5.75 Å². The van der Waals surface area contributed by atoms with E-state index in [4.69, 9.17) is 19.3 Å². The Morgan fingerprint density at radius 3 is 2.31 bits per heavy atom. The average Bonchev–Trinajstić information content (AvgIpc) is 3.66. The van der Waals surface area contributed by atoms with Crippen molar-refractivity contribution in [3.05, 3.63) is 76.6 Å². The Hall–Kier alpha value is -2.76. The summed E-state index contributed by atoms with van der Waals surface area (Å²) in [5.74, 6) is 0.750. The molecule has 0 spiro atoms. The van der Waals surface area contributed by atoms with Crippen molar-refractivity contribution in [2.75, 3.05) is 20.3 Å². The molecule has 39 heavy (non-hydrogen) atoms. The Bertz CT molecular complexity index is 1310. The highest BCUT2D eigenvalue weighted by Crippen LogP contribution is 2.40. The number of fused-ring (bicyclic) bond motifs is 2. The largest absolute Gasteiger partial charge is 0.496 e. The van der Waals surface area contributed by atoms with Crippen molar-refractivity contribution < 1.29 is 34.6 Å². The molecular weight excluding hydrogens is 518 g/mol. The van der Waals surface area contributed by atoms with E-state index >= 15 is 0 Å². The second-order valence-corrected chi connectivity index (χ2v) is 10.5. The van der Waals surface area contributed by atoms with Crippen molar-refractivity contribution in [2.45, 2.75) is 57.0 Å². The van der Waals surface area contributed by atoms with Crippen LogP contribution in [-0.2, 0) is 9.47 Å². The molecule has 3 aliphatic rings. The summed E-state index contributed by atoms with van der Waals surface area (Å²) >= 11 is 1.64. The van der Waals surface area contributed by atoms with Crippen LogP contribution in [-0.4, -0.2) is 76.3 Å². The number of methoxy groups -OCH3 is 1. The molecule has 0 aliphatic carbocycles. The predicted octanol–water partition coefficient (Wildman–Crippen LogP) is 4.14. The number of aliphatic hydroxyl groups excluding tert-OH is 4. The molecular formula is C30H37NO7S. The van der Waals surface area contributed by atoms with Crippen molar-refractivity contribution in [2.24, 2.45) is 0 Å². The number of thiophene rings is 1. The maximum absolute atomic E-state index is 9.87. The Kier molecular flexibility index (Phi) is 9.45. The molecule has 0 amide bonds. The molecule has 6 rings (SSSR count). The van der Waals surface area contributed by atoms with E-state index in [1.807, 2.05) is 59.0 Å². The maximum atomic E-state index is 9.87. The summed E-state index contributed by atoms with van der Waals surface area (Å²) < 4.78 is 16.8. The first-order valence-electron chi connectivity index (χ1n) is 12.6. The van der Waals surface area contributed by atoms with E-state index in [0.717, 1.165) is 32.7 Å². The maximum Gasteiger partial charge on any atom is 0.137 e. The van der Waals surface area contributed by atoms with E-state index in [2.05, 4.69) is 12.6 Å². The van der Waals surface area contributed by atoms with Gasteiger partial charge in [-0.15, -0.1) is 11.3 Å². The van der Waals surface area contributed by atoms with Gasteiger partial charge < -0.3 is 39.5 Å². The second-order valence-electron chi connectivity index (χ2n) is 9.58. The lowest BCUT2D eigenvalue weighted by molar-refractivity contribution is -0.0505. The van der Waals surface area contributed by atoms with Crippen LogP contribution in [0.3, 0.4) is 0 Å². The van der Waals surface area contributed by atoms with Crippen molar-refractivity contribution in [3.63, 3.8) is 0 Å². The Balaban J connectivity index is 0.000000177. The molecule has 0 radical (unpaired) electrons. The SMILES string of the molecule is C.C=C1c2sccc2C=CN1[C@H]1CC(O)[C@@H](CO)O1.COc1cc2ccccc2cc1[C@H]1CC(O)[C@@H](CO)O1. The third-order valence-corrected chi connectivity index (χ3v) is 8.21. The molecule has 4 N–H and O–H groups in total. The first-order chi connectivity index (χ1) is 18.4. The van der Waals surface area contributed by atoms with E-state index in [9.17, 15) is 15.3 Å². The monoisotopic (exact) mass is 555 g/mol. The number of ether oxygens (including phenoxy) is 3. The molecule has 6 atom stereocenters. The number of benzene rings is 2. The number of rotatable bonds is 5. The van der Waals surface area contributed by atoms with Gasteiger partial charge in [0.15, 0.2) is 0 Å². The summed E-state index contributed by atoms with van der Waals surface area (Å²) in [5, 5.41) is 42.2. The number of aliphatic hydroxyl groups is 4. The zero-order chi connectivity index (χ0) is 26.8. The normalized spacial score (nSPS) is 27.6. The summed E-state index contributed by atoms with van der Waals surface area (Å²) in [5.41, 5.74) is 2.97. The lowest BCUT2D eigenvalue weighted by Crippen LogP contribution is -2.30. The van der Waals surface area contributed by atoms with Gasteiger partial charge in [0, 0.05) is 24.6 Å². The zero-order valence-corrected chi connectivity index (χ0v) is 22.0. The molecule has 9 heteroatoms. The van der Waals surface area contributed by atoms with E-state index in [0.29, 0.717) is 12.8 Å². The minimum atomic E-state index is -0.638. The van der Waals surface area contributed by atoms with Gasteiger partial charge in [0.05, 0.1) is 49.2 Å². The summed E-state index contributed by atoms with van der Waals surface area (Å²) in [4.78, 5) is 3.06. The molecule has 3 aliphatic heterocycles. The fraction of sp³-hybridized carbons (Fsp3) is 0.400. The number of nitrogens with zero attached hydrogens (tertiary/aromatic N) is 1. The van der Waals surface area contributed by atoms with E-state index in [1.165, 1.54) is 5.56 Å². The molecule has 2 fully saturated rings. The lowest BCUT2D eigenvalue weighted by Gasteiger charge is -2.31. The smallest absolute Gasteiger partial charge is 0.137 e. The third-order valence-electron chi connectivity index (χ3n) is 7.23. The Morgan fingerprint density at radius 1 is 1.00 bits per heavy atom. The third kappa shape index (κ3) is 5.90. The van der Waals surface area contributed by atoms with E-state index in [1.54, 1.807) is 18.4 Å². The quantitative estimate of drug-likeness (QED) is 0.372. The second kappa shape index (κ2) is 12.6. The van der Waals surface area contributed by atoms with Crippen LogP contribution >= 0.6 is 11.3 Å². The molecule has 4 heterocycles. The van der Waals surface area contributed by atoms with E-state index < -0.39 is 24.4 Å². The highest BCUT2D eigenvalue weighted by molar-refractivity contribution is 7.11. The van der Waals surface area contributed by atoms with Gasteiger partial charge in [0.25, 0.3) is 0 Å². The topological polar surface area (TPSA) is 112 Å². The summed E-state index contributed by atoms with van der Waals surface area (Å²) in [6.07, 6.45) is 2.12. The van der Waals surface area contributed by atoms with Gasteiger partial charge in [-0.2, -0.15) is 0 Å². The molecule has 0 bridgehead atoms. The average molecular weight is 556 g/mol. The zero-order valence-electron chi connectivity index (χ0n) is 21.1. The molecule has 1 aromatic heterocycles. The van der Waals surface area contributed by atoms with Crippen molar-refractivity contribution in [3.8, 4) is 5.75 Å². The van der Waals surface area contributed by atoms with Crippen molar-refractivity contribution >= 4 is 33.9 Å². The summed E-state index contributed by atoms with van der Waals surface area (Å²) in [6.45, 7) is 3.76. The molecule has 3 aromatic rings. The van der Waals surface area contributed by atoms with Crippen LogP contribution in [0.4, 0.5) is 0 Å². The van der Waals surface area contributed by atoms with Crippen LogP contribution in [0, 0.1) is 0 Å². The van der Waals surface area contributed by atoms with Crippen LogP contribution in [0.15, 0.2) is 60.6 Å². The lowest BCUT2D eigenvalue weighted by atomic mass is 9.99. The first kappa shape index (κ1) is 29.2. The standard InChI is InChI=1S/C16H18O4.C13H15NO3S.CH4/c1-19-14-7-11-5-3-2-4-10(11)6-12(14)15-8-13(18)16(9-17)20-15;1-8-13-9(3-5-18-13)2-4-14(8)12-6-10(16)11(7-15)17-12;/h2-7,13,15-18H,8-9H2,1H3;2-5,10-12,15-16H,1,6-7H2;1H4/t13?,15-,16-;10?,11-,12-;/m11./s1. The van der Waals surface area contributed by atoms with Gasteiger partial charge in [0.1, 0.15) is 24.2 Å². The van der Waals surface area contributed by atoms with Crippen molar-refractivity contribution in [1.82, 2.24) is 4.90 Å². The highest BCUT2D eigenvalue weighted by atomic mass is 32.1. The van der Waals surface area contributed by atoms with Crippen LogP contribution < -0.4 is 4.74 Å². The van der Waals surface area contributed by atoms with Gasteiger partial charge in [-0.05, 0) is 46.0 Å². The van der Waals surface area contributed by atoms with Crippen LogP contribution in [0.1, 0.15) is 42.4 Å². The minimum Gasteiger partial charge on any atom is -0.496 e. The fourth-order valence-electron chi connectivity index (χ4n) is 5.13. The molecule has 210 valence electrons. The molecule has 2 unspecified atom stereocenters. The predicted molar refractivity (Wildman–Crippen MR) is 153 cm³/mol. The van der Waals surface area contributed by atoms with Crippen LogP contribution in [0.2, 0.25) is 0 Å². The first-order valence-corrected chi connectivity index (χ1v) is 13.5. The van der Waals surface area contributed by atoms with Gasteiger partial charge in [-0.3, -0.25) is 0 Å². The van der Waals surface area contributed by atoms with E-state index in [-0.39, 0.29) is 33.0 Å². The van der Waals surface area contributed by atoms with Gasteiger partial charge in [-0.25, -0.2) is 0 Å². The van der Waals surface area contributed by atoms with Gasteiger partial charge in [0.2, 0.25) is 0 Å². The van der Waals surface area contributed by atoms with Gasteiger partial charge in [-0.1, -0.05) is 38.3 Å². The number of hydrogen-bond acceptors (Lipinski definition) is 9. The molecule has 2 aromatic carbocycles.